The Balaban J connectivity index is 0.000000821. The number of anilines is 1. The number of fused-ring (bicyclic) bond motifs is 1. The second-order valence-corrected chi connectivity index (χ2v) is 10.2. The van der Waals surface area contributed by atoms with Crippen molar-refractivity contribution in [2.45, 2.75) is 49.0 Å². The van der Waals surface area contributed by atoms with Crippen LogP contribution in [0.4, 0.5) is 5.69 Å². The number of pyridine rings is 1. The fourth-order valence-corrected chi connectivity index (χ4v) is 6.30. The zero-order valence-electron chi connectivity index (χ0n) is 18.6. The molecule has 0 bridgehead atoms. The molecule has 2 aliphatic rings. The molecule has 1 aliphatic heterocycles. The van der Waals surface area contributed by atoms with Gasteiger partial charge in [-0.1, -0.05) is 18.9 Å². The molecule has 1 atom stereocenters. The first-order valence-corrected chi connectivity index (χ1v) is 12.6. The van der Waals surface area contributed by atoms with Crippen LogP contribution in [0.15, 0.2) is 53.7 Å². The molecule has 2 aromatic heterocycles. The fraction of sp³-hybridized carbons (Fsp3) is 0.417. The van der Waals surface area contributed by atoms with E-state index >= 15 is 0 Å². The molecule has 0 radical (unpaired) electrons. The van der Waals surface area contributed by atoms with Crippen molar-refractivity contribution in [2.75, 3.05) is 25.1 Å². The van der Waals surface area contributed by atoms with Crippen LogP contribution in [0.3, 0.4) is 0 Å². The van der Waals surface area contributed by atoms with Gasteiger partial charge in [0.15, 0.2) is 0 Å². The van der Waals surface area contributed by atoms with E-state index in [-0.39, 0.29) is 12.6 Å². The Morgan fingerprint density at radius 3 is 2.61 bits per heavy atom. The lowest BCUT2D eigenvalue weighted by molar-refractivity contribution is -0.122. The summed E-state index contributed by atoms with van der Waals surface area (Å²) in [6.07, 6.45) is 9.28. The van der Waals surface area contributed by atoms with E-state index in [9.17, 15) is 8.42 Å². The summed E-state index contributed by atoms with van der Waals surface area (Å²) in [5.41, 5.74) is 3.45. The first-order chi connectivity index (χ1) is 16.0. The van der Waals surface area contributed by atoms with E-state index in [0.717, 1.165) is 49.1 Å². The molecular weight excluding hydrogens is 442 g/mol. The minimum Gasteiger partial charge on any atom is -0.483 e. The maximum absolute atomic E-state index is 13.7. The third-order valence-electron chi connectivity index (χ3n) is 6.57. The Bertz CT molecular complexity index is 1220. The highest BCUT2D eigenvalue weighted by atomic mass is 32.2. The van der Waals surface area contributed by atoms with Gasteiger partial charge < -0.3 is 14.7 Å². The van der Waals surface area contributed by atoms with Crippen LogP contribution >= 0.6 is 0 Å². The smallest absolute Gasteiger partial charge is 0.290 e. The molecule has 9 heteroatoms. The van der Waals surface area contributed by atoms with Crippen molar-refractivity contribution in [1.82, 2.24) is 8.96 Å². The number of hydrogen-bond donors (Lipinski definition) is 1. The fourth-order valence-electron chi connectivity index (χ4n) is 4.90. The number of aromatic nitrogens is 2. The van der Waals surface area contributed by atoms with Crippen LogP contribution < -0.4 is 4.90 Å². The summed E-state index contributed by atoms with van der Waals surface area (Å²) in [6.45, 7) is 1.40. The zero-order chi connectivity index (χ0) is 23.4. The van der Waals surface area contributed by atoms with E-state index < -0.39 is 10.0 Å². The summed E-state index contributed by atoms with van der Waals surface area (Å²) in [5, 5.41) is 6.89. The first-order valence-electron chi connectivity index (χ1n) is 11.2. The average molecular weight is 472 g/mol. The van der Waals surface area contributed by atoms with Crippen LogP contribution in [0.1, 0.15) is 43.6 Å². The molecule has 2 fully saturated rings. The maximum atomic E-state index is 13.7. The number of rotatable bonds is 5. The first kappa shape index (κ1) is 23.3. The van der Waals surface area contributed by atoms with Crippen LogP contribution in [0.2, 0.25) is 0 Å². The second kappa shape index (κ2) is 9.93. The van der Waals surface area contributed by atoms with Crippen molar-refractivity contribution in [2.24, 2.45) is 0 Å². The van der Waals surface area contributed by atoms with Crippen LogP contribution in [-0.2, 0) is 19.6 Å². The van der Waals surface area contributed by atoms with Crippen LogP contribution in [-0.4, -0.2) is 55.3 Å². The molecular formula is C24H29N3O5S. The van der Waals surface area contributed by atoms with Crippen LogP contribution in [0, 0.1) is 0 Å². The summed E-state index contributed by atoms with van der Waals surface area (Å²) in [7, 11) is -2.00. The van der Waals surface area contributed by atoms with Gasteiger partial charge in [-0.05, 0) is 55.5 Å². The summed E-state index contributed by atoms with van der Waals surface area (Å²) < 4.78 is 34.2. The van der Waals surface area contributed by atoms with Gasteiger partial charge >= 0.3 is 0 Å². The van der Waals surface area contributed by atoms with E-state index in [1.807, 2.05) is 24.4 Å². The number of nitrogens with zero attached hydrogens (tertiary/aromatic N) is 3. The molecule has 1 aromatic carbocycles. The third kappa shape index (κ3) is 4.60. The quantitative estimate of drug-likeness (QED) is 0.564. The Morgan fingerprint density at radius 1 is 1.15 bits per heavy atom. The summed E-state index contributed by atoms with van der Waals surface area (Å²) in [6, 6.07) is 10.9. The molecule has 0 unspecified atom stereocenters. The molecule has 176 valence electrons. The molecule has 1 saturated carbocycles. The van der Waals surface area contributed by atoms with Gasteiger partial charge in [-0.3, -0.25) is 9.78 Å². The minimum atomic E-state index is -3.73. The minimum absolute atomic E-state index is 0.193. The number of hydrogen-bond acceptors (Lipinski definition) is 6. The van der Waals surface area contributed by atoms with Crippen molar-refractivity contribution >= 4 is 33.2 Å². The van der Waals surface area contributed by atoms with Gasteiger partial charge in [0.05, 0.1) is 22.0 Å². The second-order valence-electron chi connectivity index (χ2n) is 8.43. The summed E-state index contributed by atoms with van der Waals surface area (Å²) in [4.78, 5) is 15.4. The highest BCUT2D eigenvalue weighted by Crippen LogP contribution is 2.39. The summed E-state index contributed by atoms with van der Waals surface area (Å²) >= 11 is 0. The zero-order valence-corrected chi connectivity index (χ0v) is 19.4. The predicted octanol–water partition coefficient (Wildman–Crippen LogP) is 3.86. The van der Waals surface area contributed by atoms with E-state index in [4.69, 9.17) is 14.6 Å². The maximum Gasteiger partial charge on any atom is 0.290 e. The van der Waals surface area contributed by atoms with Crippen LogP contribution in [0.5, 0.6) is 0 Å². The molecule has 33 heavy (non-hydrogen) atoms. The van der Waals surface area contributed by atoms with Crippen molar-refractivity contribution in [3.05, 3.63) is 54.4 Å². The number of benzene rings is 1. The monoisotopic (exact) mass is 471 g/mol. The van der Waals surface area contributed by atoms with E-state index in [2.05, 4.69) is 9.88 Å². The Kier molecular flexibility index (Phi) is 6.99. The summed E-state index contributed by atoms with van der Waals surface area (Å²) in [5.74, 6) is 0.390. The lowest BCUT2D eigenvalue weighted by Crippen LogP contribution is -2.22. The molecule has 8 nitrogen and oxygen atoms in total. The van der Waals surface area contributed by atoms with Gasteiger partial charge in [0.2, 0.25) is 0 Å². The SMILES string of the molecule is CO[C@H]1CCN(c2cccc(S(=O)(=O)n3cc(C4CCCC4)c4ncccc43)c2)C1.O=CO. The molecule has 3 aromatic rings. The lowest BCUT2D eigenvalue weighted by Gasteiger charge is -2.19. The van der Waals surface area contributed by atoms with E-state index in [1.54, 1.807) is 31.5 Å². The predicted molar refractivity (Wildman–Crippen MR) is 126 cm³/mol. The molecule has 1 aliphatic carbocycles. The Hall–Kier alpha value is -2.91. The van der Waals surface area contributed by atoms with Crippen molar-refractivity contribution in [3.63, 3.8) is 0 Å². The Morgan fingerprint density at radius 2 is 1.91 bits per heavy atom. The van der Waals surface area contributed by atoms with Gasteiger partial charge in [-0.25, -0.2) is 12.4 Å². The van der Waals surface area contributed by atoms with Crippen molar-refractivity contribution in [1.29, 1.82) is 0 Å². The van der Waals surface area contributed by atoms with Gasteiger partial charge in [0.25, 0.3) is 16.5 Å². The molecule has 5 rings (SSSR count). The van der Waals surface area contributed by atoms with Crippen LogP contribution in [0.25, 0.3) is 11.0 Å². The molecule has 0 spiro atoms. The topological polar surface area (TPSA) is 102 Å². The van der Waals surface area contributed by atoms with Gasteiger partial charge in [0.1, 0.15) is 0 Å². The van der Waals surface area contributed by atoms with Crippen molar-refractivity contribution in [3.8, 4) is 0 Å². The Labute approximate surface area is 193 Å². The number of methoxy groups -OCH3 is 1. The lowest BCUT2D eigenvalue weighted by atomic mass is 10.00. The highest BCUT2D eigenvalue weighted by Gasteiger charge is 2.28. The van der Waals surface area contributed by atoms with Gasteiger partial charge in [-0.15, -0.1) is 0 Å². The molecule has 0 amide bonds. The van der Waals surface area contributed by atoms with Gasteiger partial charge in [-0.2, -0.15) is 0 Å². The largest absolute Gasteiger partial charge is 0.483 e. The number of ether oxygens (including phenoxy) is 1. The molecule has 1 N–H and O–H groups in total. The van der Waals surface area contributed by atoms with E-state index in [0.29, 0.717) is 16.3 Å². The average Bonchev–Trinajstić information content (AvgIpc) is 3.59. The normalized spacial score (nSPS) is 18.9. The highest BCUT2D eigenvalue weighted by molar-refractivity contribution is 7.90. The number of carbonyl (C=O) groups is 1. The molecule has 1 saturated heterocycles. The van der Waals surface area contributed by atoms with Gasteiger partial charge in [0, 0.05) is 43.8 Å². The third-order valence-corrected chi connectivity index (χ3v) is 8.24. The number of carboxylic acid groups (broad SMARTS) is 1. The standard InChI is InChI=1S/C23H27N3O3S.CH2O2/c1-29-19-11-13-25(15-19)18-8-4-9-20(14-18)30(27,28)26-16-21(17-6-2-3-7-17)23-22(26)10-5-12-24-23;2-1-3/h4-5,8-10,12,14,16-17,19H,2-3,6-7,11,13,15H2,1H3;1H,(H,2,3)/t19-;/m0./s1. The van der Waals surface area contributed by atoms with Crippen molar-refractivity contribution < 1.29 is 23.1 Å². The van der Waals surface area contributed by atoms with E-state index in [1.165, 1.54) is 16.8 Å². The molecule has 3 heterocycles.